The number of carbonyl (C=O) groups is 2. The second-order valence-corrected chi connectivity index (χ2v) is 6.15. The van der Waals surface area contributed by atoms with Crippen LogP contribution in [0.4, 0.5) is 0 Å². The Morgan fingerprint density at radius 3 is 2.24 bits per heavy atom. The van der Waals surface area contributed by atoms with Crippen molar-refractivity contribution in [3.8, 4) is 17.2 Å². The maximum absolute atomic E-state index is 12.3. The summed E-state index contributed by atoms with van der Waals surface area (Å²) in [6.45, 7) is 2.00. The second-order valence-electron chi connectivity index (χ2n) is 6.15. The molecule has 2 amide bonds. The normalized spacial score (nSPS) is 10.8. The van der Waals surface area contributed by atoms with E-state index in [1.807, 2.05) is 24.3 Å². The van der Waals surface area contributed by atoms with E-state index in [1.165, 1.54) is 14.2 Å². The van der Waals surface area contributed by atoms with Gasteiger partial charge in [0.1, 0.15) is 17.2 Å². The van der Waals surface area contributed by atoms with Crippen LogP contribution < -0.4 is 25.0 Å². The average molecular weight is 399 g/mol. The van der Waals surface area contributed by atoms with Crippen molar-refractivity contribution >= 4 is 17.5 Å². The molecule has 0 spiro atoms. The first-order valence-corrected chi connectivity index (χ1v) is 8.92. The minimum absolute atomic E-state index is 0.0524. The summed E-state index contributed by atoms with van der Waals surface area (Å²) in [5, 5.41) is 6.80. The average Bonchev–Trinajstić information content (AvgIpc) is 2.75. The zero-order valence-electron chi connectivity index (χ0n) is 16.9. The lowest BCUT2D eigenvalue weighted by Crippen LogP contribution is -2.26. The second kappa shape index (κ2) is 10.7. The van der Waals surface area contributed by atoms with Gasteiger partial charge in [-0.3, -0.25) is 9.59 Å². The fourth-order valence-electron chi connectivity index (χ4n) is 2.53. The topological polar surface area (TPSA) is 98.3 Å². The Hall–Kier alpha value is -3.55. The van der Waals surface area contributed by atoms with E-state index >= 15 is 0 Å². The van der Waals surface area contributed by atoms with Crippen molar-refractivity contribution in [2.24, 2.45) is 5.10 Å². The van der Waals surface area contributed by atoms with E-state index in [2.05, 4.69) is 15.8 Å². The molecule has 0 aliphatic rings. The molecule has 0 aliphatic carbocycles. The van der Waals surface area contributed by atoms with Gasteiger partial charge >= 0.3 is 0 Å². The SMILES string of the molecule is COc1cc(OC)cc(C(=O)N/N=C(\C)CC(=O)NCc2ccccc2OC)c1. The Morgan fingerprint density at radius 1 is 0.966 bits per heavy atom. The predicted octanol–water partition coefficient (Wildman–Crippen LogP) is 2.52. The van der Waals surface area contributed by atoms with Crippen molar-refractivity contribution in [2.75, 3.05) is 21.3 Å². The molecule has 0 radical (unpaired) electrons. The molecule has 0 aromatic heterocycles. The number of nitrogens with one attached hydrogen (secondary N) is 2. The molecule has 0 heterocycles. The van der Waals surface area contributed by atoms with Gasteiger partial charge in [0, 0.05) is 29.4 Å². The lowest BCUT2D eigenvalue weighted by atomic mass is 10.2. The van der Waals surface area contributed by atoms with Gasteiger partial charge in [-0.25, -0.2) is 5.43 Å². The van der Waals surface area contributed by atoms with E-state index in [0.29, 0.717) is 35.1 Å². The van der Waals surface area contributed by atoms with Crippen LogP contribution in [0.15, 0.2) is 47.6 Å². The molecule has 0 aliphatic heterocycles. The molecule has 2 N–H and O–H groups in total. The summed E-state index contributed by atoms with van der Waals surface area (Å²) in [5.74, 6) is 1.04. The molecule has 2 aromatic rings. The summed E-state index contributed by atoms with van der Waals surface area (Å²) >= 11 is 0. The number of rotatable bonds is 9. The van der Waals surface area contributed by atoms with Gasteiger partial charge in [-0.2, -0.15) is 5.10 Å². The minimum atomic E-state index is -0.434. The number of methoxy groups -OCH3 is 3. The minimum Gasteiger partial charge on any atom is -0.497 e. The summed E-state index contributed by atoms with van der Waals surface area (Å²) in [4.78, 5) is 24.4. The number of ether oxygens (including phenoxy) is 3. The van der Waals surface area contributed by atoms with Crippen molar-refractivity contribution in [3.63, 3.8) is 0 Å². The van der Waals surface area contributed by atoms with Gasteiger partial charge in [-0.15, -0.1) is 0 Å². The molecule has 0 bridgehead atoms. The van der Waals surface area contributed by atoms with Crippen LogP contribution in [0.1, 0.15) is 29.3 Å². The number of carbonyl (C=O) groups excluding carboxylic acids is 2. The van der Waals surface area contributed by atoms with E-state index in [-0.39, 0.29) is 12.3 Å². The molecule has 0 saturated carbocycles. The van der Waals surface area contributed by atoms with Crippen LogP contribution >= 0.6 is 0 Å². The Morgan fingerprint density at radius 2 is 1.62 bits per heavy atom. The van der Waals surface area contributed by atoms with E-state index in [4.69, 9.17) is 14.2 Å². The van der Waals surface area contributed by atoms with Gasteiger partial charge in [0.05, 0.1) is 27.8 Å². The maximum atomic E-state index is 12.3. The Bertz CT molecular complexity index is 873. The monoisotopic (exact) mass is 399 g/mol. The molecule has 29 heavy (non-hydrogen) atoms. The number of hydrogen-bond donors (Lipinski definition) is 2. The van der Waals surface area contributed by atoms with Crippen LogP contribution in [0.5, 0.6) is 17.2 Å². The first-order valence-electron chi connectivity index (χ1n) is 8.92. The maximum Gasteiger partial charge on any atom is 0.271 e. The Kier molecular flexibility index (Phi) is 8.02. The highest BCUT2D eigenvalue weighted by Crippen LogP contribution is 2.22. The molecule has 0 saturated heterocycles. The number of hydrazone groups is 1. The third kappa shape index (κ3) is 6.53. The van der Waals surface area contributed by atoms with Gasteiger partial charge in [0.15, 0.2) is 0 Å². The zero-order valence-corrected chi connectivity index (χ0v) is 16.9. The number of hydrogen-bond acceptors (Lipinski definition) is 6. The van der Waals surface area contributed by atoms with Gasteiger partial charge in [-0.1, -0.05) is 18.2 Å². The number of para-hydroxylation sites is 1. The van der Waals surface area contributed by atoms with Crippen LogP contribution in [0.3, 0.4) is 0 Å². The predicted molar refractivity (Wildman–Crippen MR) is 110 cm³/mol. The summed E-state index contributed by atoms with van der Waals surface area (Å²) in [7, 11) is 4.59. The van der Waals surface area contributed by atoms with Gasteiger partial charge < -0.3 is 19.5 Å². The van der Waals surface area contributed by atoms with E-state index in [1.54, 1.807) is 32.2 Å². The highest BCUT2D eigenvalue weighted by molar-refractivity contribution is 6.01. The largest absolute Gasteiger partial charge is 0.497 e. The molecular formula is C21H25N3O5. The van der Waals surface area contributed by atoms with E-state index in [0.717, 1.165) is 5.56 Å². The third-order valence-electron chi connectivity index (χ3n) is 4.05. The highest BCUT2D eigenvalue weighted by Gasteiger charge is 2.11. The van der Waals surface area contributed by atoms with Gasteiger partial charge in [-0.05, 0) is 25.1 Å². The molecule has 2 aromatic carbocycles. The standard InChI is InChI=1S/C21H25N3O5/c1-14(9-20(25)22-13-15-7-5-6-8-19(15)29-4)23-24-21(26)16-10-17(27-2)12-18(11-16)28-3/h5-8,10-12H,9,13H2,1-4H3,(H,22,25)(H,24,26)/b23-14+. The molecule has 8 heteroatoms. The smallest absolute Gasteiger partial charge is 0.271 e. The summed E-state index contributed by atoms with van der Waals surface area (Å²) < 4.78 is 15.6. The van der Waals surface area contributed by atoms with E-state index in [9.17, 15) is 9.59 Å². The lowest BCUT2D eigenvalue weighted by molar-refractivity contribution is -0.120. The Balaban J connectivity index is 1.91. The molecule has 0 atom stereocenters. The van der Waals surface area contributed by atoms with Crippen LogP contribution in [0.2, 0.25) is 0 Å². The molecule has 0 fully saturated rings. The molecule has 0 unspecified atom stereocenters. The van der Waals surface area contributed by atoms with Crippen LogP contribution in [0.25, 0.3) is 0 Å². The number of benzene rings is 2. The lowest BCUT2D eigenvalue weighted by Gasteiger charge is -2.10. The van der Waals surface area contributed by atoms with Crippen molar-refractivity contribution in [2.45, 2.75) is 19.9 Å². The summed E-state index contributed by atoms with van der Waals surface area (Å²) in [6.07, 6.45) is 0.0524. The summed E-state index contributed by atoms with van der Waals surface area (Å²) in [6, 6.07) is 12.3. The Labute approximate surface area is 169 Å². The van der Waals surface area contributed by atoms with Gasteiger partial charge in [0.2, 0.25) is 5.91 Å². The van der Waals surface area contributed by atoms with Crippen LogP contribution in [-0.2, 0) is 11.3 Å². The van der Waals surface area contributed by atoms with Crippen molar-refractivity contribution in [1.82, 2.24) is 10.7 Å². The number of nitrogens with zero attached hydrogens (tertiary/aromatic N) is 1. The van der Waals surface area contributed by atoms with Gasteiger partial charge in [0.25, 0.3) is 5.91 Å². The molecular weight excluding hydrogens is 374 g/mol. The molecule has 2 rings (SSSR count). The third-order valence-corrected chi connectivity index (χ3v) is 4.05. The summed E-state index contributed by atoms with van der Waals surface area (Å²) in [5.41, 5.74) is 4.11. The highest BCUT2D eigenvalue weighted by atomic mass is 16.5. The number of amides is 2. The molecule has 8 nitrogen and oxygen atoms in total. The first kappa shape index (κ1) is 21.7. The quantitative estimate of drug-likeness (QED) is 0.499. The fraction of sp³-hybridized carbons (Fsp3) is 0.286. The van der Waals surface area contributed by atoms with E-state index < -0.39 is 5.91 Å². The fourth-order valence-corrected chi connectivity index (χ4v) is 2.53. The molecule has 154 valence electrons. The zero-order chi connectivity index (χ0) is 21.2. The van der Waals surface area contributed by atoms with Crippen LogP contribution in [0, 0.1) is 0 Å². The van der Waals surface area contributed by atoms with Crippen molar-refractivity contribution in [3.05, 3.63) is 53.6 Å². The van der Waals surface area contributed by atoms with Crippen molar-refractivity contribution < 1.29 is 23.8 Å². The first-order chi connectivity index (χ1) is 14.0. The van der Waals surface area contributed by atoms with Crippen LogP contribution in [-0.4, -0.2) is 38.9 Å². The van der Waals surface area contributed by atoms with Crippen molar-refractivity contribution in [1.29, 1.82) is 0 Å².